The van der Waals surface area contributed by atoms with Crippen LogP contribution in [0.3, 0.4) is 0 Å². The first kappa shape index (κ1) is 18.8. The van der Waals surface area contributed by atoms with Crippen molar-refractivity contribution in [2.45, 2.75) is 38.3 Å². The van der Waals surface area contributed by atoms with Crippen molar-refractivity contribution in [2.24, 2.45) is 5.92 Å². The minimum absolute atomic E-state index is 0.0978. The minimum atomic E-state index is -3.16. The molecule has 3 heterocycles. The van der Waals surface area contributed by atoms with Crippen LogP contribution in [0.2, 0.25) is 0 Å². The lowest BCUT2D eigenvalue weighted by Gasteiger charge is -2.33. The second-order valence-corrected chi connectivity index (χ2v) is 9.88. The summed E-state index contributed by atoms with van der Waals surface area (Å²) in [6.45, 7) is 2.88. The van der Waals surface area contributed by atoms with Gasteiger partial charge in [-0.1, -0.05) is 6.07 Å². The van der Waals surface area contributed by atoms with Crippen molar-refractivity contribution in [3.05, 3.63) is 22.4 Å². The molecule has 0 spiro atoms. The number of ether oxygens (including phenoxy) is 1. The summed E-state index contributed by atoms with van der Waals surface area (Å²) in [6, 6.07) is 4.05. The van der Waals surface area contributed by atoms with Gasteiger partial charge in [0.25, 0.3) is 0 Å². The molecule has 0 aliphatic carbocycles. The first-order valence-corrected chi connectivity index (χ1v) is 11.5. The number of nitrogens with zero attached hydrogens (tertiary/aromatic N) is 2. The fourth-order valence-corrected chi connectivity index (χ4v) is 5.14. The van der Waals surface area contributed by atoms with E-state index in [9.17, 15) is 13.2 Å². The maximum Gasteiger partial charge on any atom is 0.226 e. The minimum Gasteiger partial charge on any atom is -0.376 e. The molecule has 0 saturated carbocycles. The molecular weight excluding hydrogens is 360 g/mol. The largest absolute Gasteiger partial charge is 0.376 e. The van der Waals surface area contributed by atoms with Gasteiger partial charge in [0.15, 0.2) is 0 Å². The Kier molecular flexibility index (Phi) is 6.14. The first-order valence-electron chi connectivity index (χ1n) is 8.81. The second-order valence-electron chi connectivity index (χ2n) is 6.87. The van der Waals surface area contributed by atoms with Gasteiger partial charge in [0.1, 0.15) is 0 Å². The average molecular weight is 387 g/mol. The van der Waals surface area contributed by atoms with Crippen LogP contribution in [-0.4, -0.2) is 62.1 Å². The van der Waals surface area contributed by atoms with Crippen molar-refractivity contribution in [2.75, 3.05) is 32.5 Å². The van der Waals surface area contributed by atoms with Crippen molar-refractivity contribution in [3.8, 4) is 0 Å². The molecule has 6 nitrogen and oxygen atoms in total. The van der Waals surface area contributed by atoms with Gasteiger partial charge in [0.2, 0.25) is 15.9 Å². The van der Waals surface area contributed by atoms with Crippen LogP contribution in [0.4, 0.5) is 0 Å². The number of carbonyl (C=O) groups is 1. The van der Waals surface area contributed by atoms with Gasteiger partial charge >= 0.3 is 0 Å². The Labute approximate surface area is 153 Å². The first-order chi connectivity index (χ1) is 11.9. The molecule has 0 aromatic carbocycles. The highest BCUT2D eigenvalue weighted by Crippen LogP contribution is 2.24. The van der Waals surface area contributed by atoms with Gasteiger partial charge in [0.05, 0.1) is 18.9 Å². The average Bonchev–Trinajstić information content (AvgIpc) is 3.27. The lowest BCUT2D eigenvalue weighted by atomic mass is 9.96. The van der Waals surface area contributed by atoms with Crippen molar-refractivity contribution in [3.63, 3.8) is 0 Å². The molecule has 25 heavy (non-hydrogen) atoms. The molecule has 140 valence electrons. The van der Waals surface area contributed by atoms with Gasteiger partial charge in [0, 0.05) is 37.0 Å². The summed E-state index contributed by atoms with van der Waals surface area (Å²) < 4.78 is 30.5. The molecule has 8 heteroatoms. The van der Waals surface area contributed by atoms with E-state index in [4.69, 9.17) is 4.74 Å². The summed E-state index contributed by atoms with van der Waals surface area (Å²) in [5.74, 6) is 0.0383. The molecule has 1 aromatic heterocycles. The summed E-state index contributed by atoms with van der Waals surface area (Å²) in [7, 11) is -3.16. The number of carbonyl (C=O) groups excluding carboxylic acids is 1. The molecule has 2 aliphatic heterocycles. The van der Waals surface area contributed by atoms with Gasteiger partial charge in [-0.2, -0.15) is 0 Å². The van der Waals surface area contributed by atoms with Crippen LogP contribution in [0.5, 0.6) is 0 Å². The van der Waals surface area contributed by atoms with Crippen molar-refractivity contribution in [1.29, 1.82) is 0 Å². The number of thiophene rings is 1. The van der Waals surface area contributed by atoms with Crippen LogP contribution in [0.15, 0.2) is 17.5 Å². The SMILES string of the molecule is CS(=O)(=O)N1CCC(C(=O)N(Cc2cccs2)CC2CCCO2)CC1. The third-order valence-corrected chi connectivity index (χ3v) is 7.12. The van der Waals surface area contributed by atoms with Crippen LogP contribution in [-0.2, 0) is 26.1 Å². The van der Waals surface area contributed by atoms with Gasteiger partial charge in [-0.15, -0.1) is 11.3 Å². The Bertz CT molecular complexity index is 661. The predicted molar refractivity (Wildman–Crippen MR) is 97.9 cm³/mol. The van der Waals surface area contributed by atoms with Crippen molar-refractivity contribution >= 4 is 27.3 Å². The number of piperidine rings is 1. The van der Waals surface area contributed by atoms with E-state index in [2.05, 4.69) is 0 Å². The Morgan fingerprint density at radius 1 is 1.36 bits per heavy atom. The quantitative estimate of drug-likeness (QED) is 0.749. The number of amides is 1. The summed E-state index contributed by atoms with van der Waals surface area (Å²) in [4.78, 5) is 16.2. The Hall–Kier alpha value is -0.960. The zero-order valence-electron chi connectivity index (χ0n) is 14.6. The normalized spacial score (nSPS) is 23.0. The van der Waals surface area contributed by atoms with Crippen LogP contribution >= 0.6 is 11.3 Å². The molecule has 0 radical (unpaired) electrons. The lowest BCUT2D eigenvalue weighted by molar-refractivity contribution is -0.139. The summed E-state index contributed by atoms with van der Waals surface area (Å²) in [6.07, 6.45) is 4.60. The molecule has 1 amide bonds. The number of hydrogen-bond acceptors (Lipinski definition) is 5. The molecule has 0 N–H and O–H groups in total. The smallest absolute Gasteiger partial charge is 0.226 e. The fraction of sp³-hybridized carbons (Fsp3) is 0.706. The summed E-state index contributed by atoms with van der Waals surface area (Å²) >= 11 is 1.65. The maximum absolute atomic E-state index is 13.1. The van der Waals surface area contributed by atoms with E-state index >= 15 is 0 Å². The number of rotatable bonds is 6. The molecule has 2 saturated heterocycles. The van der Waals surface area contributed by atoms with Gasteiger partial charge < -0.3 is 9.64 Å². The van der Waals surface area contributed by atoms with Crippen molar-refractivity contribution < 1.29 is 17.9 Å². The van der Waals surface area contributed by atoms with Crippen molar-refractivity contribution in [1.82, 2.24) is 9.21 Å². The fourth-order valence-electron chi connectivity index (χ4n) is 3.55. The highest BCUT2D eigenvalue weighted by Gasteiger charge is 2.33. The van der Waals surface area contributed by atoms with E-state index in [1.54, 1.807) is 11.3 Å². The Morgan fingerprint density at radius 3 is 2.68 bits per heavy atom. The summed E-state index contributed by atoms with van der Waals surface area (Å²) in [5, 5.41) is 2.02. The van der Waals surface area contributed by atoms with Crippen LogP contribution < -0.4 is 0 Å². The van der Waals surface area contributed by atoms with E-state index in [0.29, 0.717) is 39.0 Å². The lowest BCUT2D eigenvalue weighted by Crippen LogP contribution is -2.45. The highest BCUT2D eigenvalue weighted by atomic mass is 32.2. The van der Waals surface area contributed by atoms with Gasteiger partial charge in [-0.25, -0.2) is 12.7 Å². The van der Waals surface area contributed by atoms with Crippen LogP contribution in [0, 0.1) is 5.92 Å². The van der Waals surface area contributed by atoms with Crippen LogP contribution in [0.25, 0.3) is 0 Å². The number of hydrogen-bond donors (Lipinski definition) is 0. The topological polar surface area (TPSA) is 66.9 Å². The zero-order chi connectivity index (χ0) is 17.9. The molecule has 3 rings (SSSR count). The summed E-state index contributed by atoms with van der Waals surface area (Å²) in [5.41, 5.74) is 0. The predicted octanol–water partition coefficient (Wildman–Crippen LogP) is 1.93. The van der Waals surface area contributed by atoms with Crippen LogP contribution in [0.1, 0.15) is 30.6 Å². The molecule has 1 atom stereocenters. The number of sulfonamides is 1. The third kappa shape index (κ3) is 5.03. The zero-order valence-corrected chi connectivity index (χ0v) is 16.2. The second kappa shape index (κ2) is 8.16. The molecule has 1 unspecified atom stereocenters. The molecule has 2 aliphatic rings. The van der Waals surface area contributed by atoms with E-state index < -0.39 is 10.0 Å². The van der Waals surface area contributed by atoms with E-state index in [-0.39, 0.29) is 17.9 Å². The Balaban J connectivity index is 1.64. The monoisotopic (exact) mass is 386 g/mol. The van der Waals surface area contributed by atoms with E-state index in [0.717, 1.165) is 19.4 Å². The van der Waals surface area contributed by atoms with Gasteiger partial charge in [-0.3, -0.25) is 4.79 Å². The standard InChI is InChI=1S/C17H26N2O4S2/c1-25(21,22)19-8-6-14(7-9-19)17(20)18(12-15-4-2-10-23-15)13-16-5-3-11-24-16/h3,5,11,14-15H,2,4,6-10,12-13H2,1H3. The Morgan fingerprint density at radius 2 is 2.12 bits per heavy atom. The van der Waals surface area contributed by atoms with E-state index in [1.807, 2.05) is 22.4 Å². The highest BCUT2D eigenvalue weighted by molar-refractivity contribution is 7.88. The van der Waals surface area contributed by atoms with E-state index in [1.165, 1.54) is 15.4 Å². The molecular formula is C17H26N2O4S2. The molecule has 1 aromatic rings. The third-order valence-electron chi connectivity index (χ3n) is 4.96. The molecule has 2 fully saturated rings. The molecule has 0 bridgehead atoms. The maximum atomic E-state index is 13.1. The van der Waals surface area contributed by atoms with Gasteiger partial charge in [-0.05, 0) is 37.1 Å².